The van der Waals surface area contributed by atoms with Gasteiger partial charge in [-0.2, -0.15) is 0 Å². The van der Waals surface area contributed by atoms with Crippen molar-refractivity contribution in [1.82, 2.24) is 4.98 Å². The lowest BCUT2D eigenvalue weighted by Crippen LogP contribution is -2.11. The van der Waals surface area contributed by atoms with Crippen molar-refractivity contribution in [3.63, 3.8) is 0 Å². The molecule has 1 heterocycles. The number of alkyl halides is 3. The molecule has 1 rings (SSSR count). The zero-order chi connectivity index (χ0) is 13.0. The zero-order valence-corrected chi connectivity index (χ0v) is 9.60. The number of ether oxygens (including phenoxy) is 1. The van der Waals surface area contributed by atoms with E-state index in [0.717, 1.165) is 13.3 Å². The van der Waals surface area contributed by atoms with Gasteiger partial charge in [-0.05, 0) is 5.56 Å². The lowest BCUT2D eigenvalue weighted by molar-refractivity contribution is -0.139. The number of pyridine rings is 1. The molecule has 7 heteroatoms. The maximum atomic E-state index is 13.7. The predicted molar refractivity (Wildman–Crippen MR) is 54.4 cm³/mol. The van der Waals surface area contributed by atoms with Gasteiger partial charge in [-0.3, -0.25) is 9.78 Å². The van der Waals surface area contributed by atoms with Crippen LogP contribution in [0.2, 0.25) is 0 Å². The van der Waals surface area contributed by atoms with Gasteiger partial charge in [0.2, 0.25) is 0 Å². The molecule has 0 saturated carbocycles. The van der Waals surface area contributed by atoms with Gasteiger partial charge in [0.1, 0.15) is 0 Å². The van der Waals surface area contributed by atoms with E-state index < -0.39 is 30.2 Å². The van der Waals surface area contributed by atoms with Crippen molar-refractivity contribution < 1.29 is 22.7 Å². The fraction of sp³-hybridized carbons (Fsp3) is 0.400. The highest BCUT2D eigenvalue weighted by atomic mass is 35.5. The van der Waals surface area contributed by atoms with Crippen LogP contribution < -0.4 is 0 Å². The van der Waals surface area contributed by atoms with Gasteiger partial charge in [-0.1, -0.05) is 0 Å². The van der Waals surface area contributed by atoms with E-state index in [-0.39, 0.29) is 17.1 Å². The monoisotopic (exact) mass is 267 g/mol. The molecule has 1 aromatic rings. The molecule has 0 N–H and O–H groups in total. The molecule has 0 aliphatic carbocycles. The number of esters is 1. The highest BCUT2D eigenvalue weighted by molar-refractivity contribution is 6.17. The van der Waals surface area contributed by atoms with E-state index in [1.165, 1.54) is 0 Å². The number of hydrogen-bond donors (Lipinski definition) is 0. The summed E-state index contributed by atoms with van der Waals surface area (Å²) in [5.74, 6) is -2.24. The van der Waals surface area contributed by atoms with Gasteiger partial charge in [-0.15, -0.1) is 11.6 Å². The Morgan fingerprint density at radius 2 is 2.24 bits per heavy atom. The fourth-order valence-corrected chi connectivity index (χ4v) is 1.47. The number of rotatable bonds is 4. The quantitative estimate of drug-likeness (QED) is 0.622. The molecule has 0 bridgehead atoms. The zero-order valence-electron chi connectivity index (χ0n) is 8.84. The van der Waals surface area contributed by atoms with Crippen molar-refractivity contribution in [3.05, 3.63) is 28.8 Å². The molecule has 0 fully saturated rings. The van der Waals surface area contributed by atoms with Gasteiger partial charge in [0, 0.05) is 12.1 Å². The topological polar surface area (TPSA) is 39.2 Å². The SMILES string of the molecule is COC(=O)Cc1ncc(CCl)c(C(F)F)c1F. The summed E-state index contributed by atoms with van der Waals surface area (Å²) in [5.41, 5.74) is -1.28. The van der Waals surface area contributed by atoms with Crippen LogP contribution in [0.15, 0.2) is 6.20 Å². The smallest absolute Gasteiger partial charge is 0.311 e. The van der Waals surface area contributed by atoms with Crippen LogP contribution in [-0.4, -0.2) is 18.1 Å². The van der Waals surface area contributed by atoms with Crippen LogP contribution in [-0.2, 0) is 21.8 Å². The van der Waals surface area contributed by atoms with Crippen LogP contribution in [0.4, 0.5) is 13.2 Å². The van der Waals surface area contributed by atoms with Crippen molar-refractivity contribution in [2.24, 2.45) is 0 Å². The maximum absolute atomic E-state index is 13.7. The Kier molecular flexibility index (Phi) is 4.74. The lowest BCUT2D eigenvalue weighted by Gasteiger charge is -2.10. The molecular weight excluding hydrogens is 259 g/mol. The summed E-state index contributed by atoms with van der Waals surface area (Å²) in [5, 5.41) is 0. The maximum Gasteiger partial charge on any atom is 0.311 e. The molecule has 0 aliphatic heterocycles. The second-order valence-electron chi connectivity index (χ2n) is 3.15. The Labute approximate surface area is 101 Å². The van der Waals surface area contributed by atoms with Crippen molar-refractivity contribution in [3.8, 4) is 0 Å². The largest absolute Gasteiger partial charge is 0.469 e. The number of halogens is 4. The summed E-state index contributed by atoms with van der Waals surface area (Å²) in [4.78, 5) is 14.5. The Balaban J connectivity index is 3.18. The molecule has 0 aliphatic rings. The number of nitrogens with zero attached hydrogens (tertiary/aromatic N) is 1. The third-order valence-corrected chi connectivity index (χ3v) is 2.40. The Hall–Kier alpha value is -1.30. The summed E-state index contributed by atoms with van der Waals surface area (Å²) in [7, 11) is 1.11. The second kappa shape index (κ2) is 5.86. The minimum Gasteiger partial charge on any atom is -0.469 e. The standard InChI is InChI=1S/C10H9ClF3NO2/c1-17-7(16)2-6-9(12)8(10(13)14)5(3-11)4-15-6/h4,10H,2-3H2,1H3. The Morgan fingerprint density at radius 3 is 2.71 bits per heavy atom. The van der Waals surface area contributed by atoms with E-state index >= 15 is 0 Å². The van der Waals surface area contributed by atoms with Crippen LogP contribution in [0, 0.1) is 5.82 Å². The number of aromatic nitrogens is 1. The van der Waals surface area contributed by atoms with Gasteiger partial charge < -0.3 is 4.74 Å². The van der Waals surface area contributed by atoms with E-state index in [4.69, 9.17) is 11.6 Å². The van der Waals surface area contributed by atoms with Gasteiger partial charge >= 0.3 is 5.97 Å². The molecule has 0 aromatic carbocycles. The summed E-state index contributed by atoms with van der Waals surface area (Å²) < 4.78 is 43.2. The van der Waals surface area contributed by atoms with Crippen LogP contribution in [0.1, 0.15) is 23.2 Å². The minimum absolute atomic E-state index is 0.0900. The first-order valence-corrected chi connectivity index (χ1v) is 5.11. The molecule has 17 heavy (non-hydrogen) atoms. The summed E-state index contributed by atoms with van der Waals surface area (Å²) in [6.45, 7) is 0. The van der Waals surface area contributed by atoms with Crippen molar-refractivity contribution >= 4 is 17.6 Å². The van der Waals surface area contributed by atoms with E-state index in [1.807, 2.05) is 0 Å². The fourth-order valence-electron chi connectivity index (χ4n) is 1.25. The van der Waals surface area contributed by atoms with Gasteiger partial charge in [0.15, 0.2) is 5.82 Å². The molecule has 0 amide bonds. The van der Waals surface area contributed by atoms with E-state index in [9.17, 15) is 18.0 Å². The summed E-state index contributed by atoms with van der Waals surface area (Å²) in [6.07, 6.45) is -2.47. The van der Waals surface area contributed by atoms with Crippen LogP contribution in [0.25, 0.3) is 0 Å². The Bertz CT molecular complexity index is 426. The van der Waals surface area contributed by atoms with Crippen LogP contribution >= 0.6 is 11.6 Å². The predicted octanol–water partition coefficient (Wildman–Crippen LogP) is 2.61. The molecule has 0 saturated heterocycles. The van der Waals surface area contributed by atoms with Crippen LogP contribution in [0.5, 0.6) is 0 Å². The Morgan fingerprint density at radius 1 is 1.59 bits per heavy atom. The summed E-state index contributed by atoms with van der Waals surface area (Å²) in [6, 6.07) is 0. The van der Waals surface area contributed by atoms with E-state index in [1.54, 1.807) is 0 Å². The van der Waals surface area contributed by atoms with E-state index in [2.05, 4.69) is 9.72 Å². The molecule has 0 spiro atoms. The van der Waals surface area contributed by atoms with Crippen LogP contribution in [0.3, 0.4) is 0 Å². The molecule has 0 atom stereocenters. The molecule has 94 valence electrons. The first-order chi connectivity index (χ1) is 8.01. The second-order valence-corrected chi connectivity index (χ2v) is 3.41. The number of carbonyl (C=O) groups is 1. The van der Waals surface area contributed by atoms with Gasteiger partial charge in [0.05, 0.1) is 24.8 Å². The van der Waals surface area contributed by atoms with Crippen molar-refractivity contribution in [2.45, 2.75) is 18.7 Å². The molecule has 0 unspecified atom stereocenters. The highest BCUT2D eigenvalue weighted by Gasteiger charge is 2.23. The van der Waals surface area contributed by atoms with Gasteiger partial charge in [-0.25, -0.2) is 13.2 Å². The van der Waals surface area contributed by atoms with Gasteiger partial charge in [0.25, 0.3) is 6.43 Å². The average molecular weight is 268 g/mol. The molecule has 3 nitrogen and oxygen atoms in total. The third-order valence-electron chi connectivity index (χ3n) is 2.11. The first-order valence-electron chi connectivity index (χ1n) is 4.58. The van der Waals surface area contributed by atoms with E-state index in [0.29, 0.717) is 0 Å². The molecule has 1 aromatic heterocycles. The number of methoxy groups -OCH3 is 1. The molecular formula is C10H9ClF3NO2. The number of carbonyl (C=O) groups excluding carboxylic acids is 1. The third kappa shape index (κ3) is 3.09. The minimum atomic E-state index is -3.01. The first kappa shape index (κ1) is 13.8. The van der Waals surface area contributed by atoms with Crippen molar-refractivity contribution in [2.75, 3.05) is 7.11 Å². The average Bonchev–Trinajstić information content (AvgIpc) is 2.30. The molecule has 0 radical (unpaired) electrons. The normalized spacial score (nSPS) is 10.7. The summed E-state index contributed by atoms with van der Waals surface area (Å²) >= 11 is 5.40. The lowest BCUT2D eigenvalue weighted by atomic mass is 10.1. The van der Waals surface area contributed by atoms with Crippen molar-refractivity contribution in [1.29, 1.82) is 0 Å². The number of hydrogen-bond acceptors (Lipinski definition) is 3. The highest BCUT2D eigenvalue weighted by Crippen LogP contribution is 2.28.